The van der Waals surface area contributed by atoms with E-state index >= 15 is 0 Å². The van der Waals surface area contributed by atoms with Crippen LogP contribution >= 0.6 is 0 Å². The van der Waals surface area contributed by atoms with Gasteiger partial charge in [0.25, 0.3) is 5.91 Å². The van der Waals surface area contributed by atoms with Gasteiger partial charge >= 0.3 is 5.97 Å². The van der Waals surface area contributed by atoms with Gasteiger partial charge in [0, 0.05) is 5.69 Å². The van der Waals surface area contributed by atoms with Gasteiger partial charge in [-0.1, -0.05) is 18.2 Å². The molecule has 0 saturated carbocycles. The highest BCUT2D eigenvalue weighted by Crippen LogP contribution is 2.33. The summed E-state index contributed by atoms with van der Waals surface area (Å²) in [5, 5.41) is 9.20. The van der Waals surface area contributed by atoms with Crippen molar-refractivity contribution in [2.45, 2.75) is 13.0 Å². The van der Waals surface area contributed by atoms with Gasteiger partial charge < -0.3 is 9.84 Å². The molecule has 112 valence electrons. The Hall–Kier alpha value is -2.89. The lowest BCUT2D eigenvalue weighted by molar-refractivity contribution is -0.144. The molecule has 22 heavy (non-hydrogen) atoms. The molecule has 3 rings (SSSR count). The van der Waals surface area contributed by atoms with Crippen LogP contribution in [0.1, 0.15) is 16.2 Å². The lowest BCUT2D eigenvalue weighted by atomic mass is 10.1. The first-order chi connectivity index (χ1) is 10.6. The molecule has 0 aliphatic carbocycles. The average molecular weight is 298 g/mol. The SMILES string of the molecule is Cc1cccc(C(=O)N2CC(C(=O)O)Oc3ccccc32)n1. The molecule has 1 aromatic carbocycles. The van der Waals surface area contributed by atoms with Gasteiger partial charge in [-0.3, -0.25) is 9.69 Å². The minimum absolute atomic E-state index is 0.0548. The Labute approximate surface area is 127 Å². The van der Waals surface area contributed by atoms with Crippen LogP contribution in [0.2, 0.25) is 0 Å². The van der Waals surface area contributed by atoms with Crippen molar-refractivity contribution in [3.05, 3.63) is 53.9 Å². The van der Waals surface area contributed by atoms with Crippen LogP contribution < -0.4 is 9.64 Å². The van der Waals surface area contributed by atoms with Crippen molar-refractivity contribution in [1.82, 2.24) is 4.98 Å². The summed E-state index contributed by atoms with van der Waals surface area (Å²) in [6.45, 7) is 1.74. The van der Waals surface area contributed by atoms with Gasteiger partial charge in [0.2, 0.25) is 6.10 Å². The summed E-state index contributed by atoms with van der Waals surface area (Å²) in [7, 11) is 0. The molecule has 1 aliphatic rings. The molecule has 0 spiro atoms. The molecule has 0 saturated heterocycles. The molecule has 1 amide bonds. The van der Waals surface area contributed by atoms with Crippen LogP contribution in [0.5, 0.6) is 5.75 Å². The fourth-order valence-electron chi connectivity index (χ4n) is 2.36. The molecule has 6 nitrogen and oxygen atoms in total. The van der Waals surface area contributed by atoms with Gasteiger partial charge in [-0.15, -0.1) is 0 Å². The topological polar surface area (TPSA) is 79.7 Å². The molecule has 1 N–H and O–H groups in total. The van der Waals surface area contributed by atoms with Gasteiger partial charge in [0.15, 0.2) is 0 Å². The van der Waals surface area contributed by atoms with Gasteiger partial charge in [-0.2, -0.15) is 0 Å². The van der Waals surface area contributed by atoms with E-state index in [2.05, 4.69) is 4.98 Å². The number of para-hydroxylation sites is 2. The normalized spacial score (nSPS) is 16.6. The highest BCUT2D eigenvalue weighted by molar-refractivity contribution is 6.06. The maximum absolute atomic E-state index is 12.7. The number of carbonyl (C=O) groups is 2. The second-order valence-electron chi connectivity index (χ2n) is 4.99. The summed E-state index contributed by atoms with van der Waals surface area (Å²) < 4.78 is 5.42. The molecule has 2 aromatic rings. The molecule has 0 bridgehead atoms. The van der Waals surface area contributed by atoms with Crippen LogP contribution in [-0.2, 0) is 4.79 Å². The maximum atomic E-state index is 12.7. The number of hydrogen-bond acceptors (Lipinski definition) is 4. The number of carbonyl (C=O) groups excluding carboxylic acids is 1. The van der Waals surface area contributed by atoms with E-state index in [1.807, 2.05) is 0 Å². The van der Waals surface area contributed by atoms with Crippen LogP contribution in [0.25, 0.3) is 0 Å². The zero-order valence-electron chi connectivity index (χ0n) is 11.9. The Balaban J connectivity index is 2.01. The fraction of sp³-hybridized carbons (Fsp3) is 0.188. The Morgan fingerprint density at radius 2 is 2.00 bits per heavy atom. The average Bonchev–Trinajstić information content (AvgIpc) is 2.53. The third kappa shape index (κ3) is 2.50. The minimum Gasteiger partial charge on any atom is -0.478 e. The Morgan fingerprint density at radius 1 is 1.23 bits per heavy atom. The van der Waals surface area contributed by atoms with E-state index in [4.69, 9.17) is 4.74 Å². The number of anilines is 1. The van der Waals surface area contributed by atoms with Gasteiger partial charge in [-0.05, 0) is 31.2 Å². The first kappa shape index (κ1) is 14.1. The first-order valence-corrected chi connectivity index (χ1v) is 6.80. The number of nitrogens with zero attached hydrogens (tertiary/aromatic N) is 2. The fourth-order valence-corrected chi connectivity index (χ4v) is 2.36. The van der Waals surface area contributed by atoms with Crippen LogP contribution in [0.4, 0.5) is 5.69 Å². The molecule has 6 heteroatoms. The molecule has 0 radical (unpaired) electrons. The number of aliphatic carboxylic acids is 1. The van der Waals surface area contributed by atoms with Crippen molar-refractivity contribution in [3.63, 3.8) is 0 Å². The Morgan fingerprint density at radius 3 is 2.73 bits per heavy atom. The van der Waals surface area contributed by atoms with Crippen molar-refractivity contribution in [2.75, 3.05) is 11.4 Å². The predicted octanol–water partition coefficient (Wildman–Crippen LogP) is 1.88. The first-order valence-electron chi connectivity index (χ1n) is 6.80. The highest BCUT2D eigenvalue weighted by atomic mass is 16.5. The predicted molar refractivity (Wildman–Crippen MR) is 79.1 cm³/mol. The molecule has 1 atom stereocenters. The van der Waals surface area contributed by atoms with Crippen molar-refractivity contribution in [2.24, 2.45) is 0 Å². The number of ether oxygens (including phenoxy) is 1. The van der Waals surface area contributed by atoms with Gasteiger partial charge in [0.05, 0.1) is 12.2 Å². The van der Waals surface area contributed by atoms with Crippen LogP contribution in [0.3, 0.4) is 0 Å². The molecular weight excluding hydrogens is 284 g/mol. The van der Waals surface area contributed by atoms with E-state index in [-0.39, 0.29) is 18.1 Å². The second-order valence-corrected chi connectivity index (χ2v) is 4.99. The Kier molecular flexibility index (Phi) is 3.50. The summed E-state index contributed by atoms with van der Waals surface area (Å²) in [5.74, 6) is -1.07. The number of hydrogen-bond donors (Lipinski definition) is 1. The number of aromatic nitrogens is 1. The number of aryl methyl sites for hydroxylation is 1. The Bertz CT molecular complexity index is 744. The van der Waals surface area contributed by atoms with Crippen molar-refractivity contribution < 1.29 is 19.4 Å². The number of carboxylic acids is 1. The lowest BCUT2D eigenvalue weighted by Crippen LogP contribution is -2.47. The third-order valence-electron chi connectivity index (χ3n) is 3.40. The summed E-state index contributed by atoms with van der Waals surface area (Å²) in [5.41, 5.74) is 1.55. The number of benzene rings is 1. The molecule has 2 heterocycles. The smallest absolute Gasteiger partial charge is 0.346 e. The van der Waals surface area contributed by atoms with E-state index in [1.54, 1.807) is 49.4 Å². The number of amides is 1. The highest BCUT2D eigenvalue weighted by Gasteiger charge is 2.34. The monoisotopic (exact) mass is 298 g/mol. The maximum Gasteiger partial charge on any atom is 0.346 e. The molecular formula is C16H14N2O4. The van der Waals surface area contributed by atoms with Gasteiger partial charge in [0.1, 0.15) is 11.4 Å². The van der Waals surface area contributed by atoms with E-state index < -0.39 is 12.1 Å². The van der Waals surface area contributed by atoms with E-state index in [0.717, 1.165) is 5.69 Å². The summed E-state index contributed by atoms with van der Waals surface area (Å²) in [6.07, 6.45) is -1.09. The van der Waals surface area contributed by atoms with E-state index in [0.29, 0.717) is 11.4 Å². The standard InChI is InChI=1S/C16H14N2O4/c1-10-5-4-6-11(17-10)15(19)18-9-14(16(20)21)22-13-8-3-2-7-12(13)18/h2-8,14H,9H2,1H3,(H,20,21). The third-order valence-corrected chi connectivity index (χ3v) is 3.40. The van der Waals surface area contributed by atoms with Crippen LogP contribution in [0, 0.1) is 6.92 Å². The number of rotatable bonds is 2. The van der Waals surface area contributed by atoms with Crippen LogP contribution in [0.15, 0.2) is 42.5 Å². The van der Waals surface area contributed by atoms with Crippen molar-refractivity contribution in [1.29, 1.82) is 0 Å². The lowest BCUT2D eigenvalue weighted by Gasteiger charge is -2.32. The number of fused-ring (bicyclic) bond motifs is 1. The van der Waals surface area contributed by atoms with Crippen molar-refractivity contribution in [3.8, 4) is 5.75 Å². The summed E-state index contributed by atoms with van der Waals surface area (Å²) in [4.78, 5) is 29.6. The molecule has 1 aliphatic heterocycles. The second kappa shape index (κ2) is 5.48. The zero-order chi connectivity index (χ0) is 15.7. The number of carboxylic acid groups (broad SMARTS) is 1. The zero-order valence-corrected chi connectivity index (χ0v) is 11.9. The van der Waals surface area contributed by atoms with Gasteiger partial charge in [-0.25, -0.2) is 9.78 Å². The molecule has 0 fully saturated rings. The quantitative estimate of drug-likeness (QED) is 0.915. The molecule has 1 unspecified atom stereocenters. The minimum atomic E-state index is -1.11. The largest absolute Gasteiger partial charge is 0.478 e. The van der Waals surface area contributed by atoms with E-state index in [1.165, 1.54) is 4.90 Å². The van der Waals surface area contributed by atoms with Crippen LogP contribution in [-0.4, -0.2) is 34.6 Å². The molecule has 1 aromatic heterocycles. The van der Waals surface area contributed by atoms with Crippen molar-refractivity contribution >= 4 is 17.6 Å². The van der Waals surface area contributed by atoms with E-state index in [9.17, 15) is 14.7 Å². The summed E-state index contributed by atoms with van der Waals surface area (Å²) in [6, 6.07) is 12.0. The number of pyridine rings is 1. The summed E-state index contributed by atoms with van der Waals surface area (Å²) >= 11 is 0.